The van der Waals surface area contributed by atoms with Crippen LogP contribution in [0.15, 0.2) is 22.7 Å². The first kappa shape index (κ1) is 16.1. The molecule has 0 radical (unpaired) electrons. The van der Waals surface area contributed by atoms with Gasteiger partial charge in [0.05, 0.1) is 17.7 Å². The van der Waals surface area contributed by atoms with E-state index in [0.717, 1.165) is 0 Å². The second-order valence-corrected chi connectivity index (χ2v) is 4.24. The van der Waals surface area contributed by atoms with E-state index >= 15 is 0 Å². The van der Waals surface area contributed by atoms with Gasteiger partial charge in [-0.3, -0.25) is 0 Å². The second kappa shape index (κ2) is 7.56. The number of ether oxygens (including phenoxy) is 3. The topological polar surface area (TPSA) is 53.7 Å². The summed E-state index contributed by atoms with van der Waals surface area (Å²) in [5.74, 6) is 0.0944. The predicted octanol–water partition coefficient (Wildman–Crippen LogP) is 2.70. The third kappa shape index (κ3) is 6.65. The zero-order valence-corrected chi connectivity index (χ0v) is 11.5. The first-order valence-electron chi connectivity index (χ1n) is 5.38. The van der Waals surface area contributed by atoms with E-state index in [1.807, 2.05) is 0 Å². The zero-order valence-electron chi connectivity index (χ0n) is 9.87. The van der Waals surface area contributed by atoms with Crippen LogP contribution in [0.4, 0.5) is 13.2 Å². The first-order valence-corrected chi connectivity index (χ1v) is 6.17. The highest BCUT2D eigenvalue weighted by atomic mass is 79.9. The summed E-state index contributed by atoms with van der Waals surface area (Å²) >= 11 is 2.98. The number of halogens is 4. The van der Waals surface area contributed by atoms with Crippen LogP contribution in [0.25, 0.3) is 0 Å². The van der Waals surface area contributed by atoms with Crippen molar-refractivity contribution in [1.82, 2.24) is 0 Å². The smallest absolute Gasteiger partial charge is 0.491 e. The van der Waals surface area contributed by atoms with Crippen LogP contribution in [0.2, 0.25) is 0 Å². The predicted molar refractivity (Wildman–Crippen MR) is 66.2 cm³/mol. The molecule has 0 aliphatic rings. The van der Waals surface area contributed by atoms with Gasteiger partial charge in [0.15, 0.2) is 0 Å². The van der Waals surface area contributed by atoms with Gasteiger partial charge in [-0.25, -0.2) is 0 Å². The van der Waals surface area contributed by atoms with Gasteiger partial charge >= 0.3 is 6.36 Å². The monoisotopic (exact) mass is 343 g/mol. The Hall–Kier alpha value is -0.990. The molecular formula is C11H13BrF3NO3. The van der Waals surface area contributed by atoms with Crippen LogP contribution < -0.4 is 15.2 Å². The molecule has 0 bridgehead atoms. The van der Waals surface area contributed by atoms with Crippen LogP contribution in [0, 0.1) is 0 Å². The van der Waals surface area contributed by atoms with Crippen LogP contribution in [-0.2, 0) is 4.74 Å². The molecule has 1 rings (SSSR count). The van der Waals surface area contributed by atoms with Gasteiger partial charge in [-0.1, -0.05) is 0 Å². The lowest BCUT2D eigenvalue weighted by Gasteiger charge is -2.12. The van der Waals surface area contributed by atoms with Gasteiger partial charge in [-0.05, 0) is 34.1 Å². The van der Waals surface area contributed by atoms with E-state index in [1.54, 1.807) is 0 Å². The largest absolute Gasteiger partial charge is 0.573 e. The molecule has 0 saturated carbocycles. The van der Waals surface area contributed by atoms with Crippen molar-refractivity contribution in [2.45, 2.75) is 6.36 Å². The van der Waals surface area contributed by atoms with Gasteiger partial charge in [-0.15, -0.1) is 13.2 Å². The summed E-state index contributed by atoms with van der Waals surface area (Å²) in [6.07, 6.45) is -4.72. The summed E-state index contributed by atoms with van der Waals surface area (Å²) in [6.45, 7) is 1.50. The molecule has 19 heavy (non-hydrogen) atoms. The van der Waals surface area contributed by atoms with E-state index < -0.39 is 6.36 Å². The van der Waals surface area contributed by atoms with Crippen LogP contribution in [0.5, 0.6) is 11.5 Å². The van der Waals surface area contributed by atoms with Gasteiger partial charge in [-0.2, -0.15) is 0 Å². The van der Waals surface area contributed by atoms with Gasteiger partial charge in [0.1, 0.15) is 18.1 Å². The number of benzene rings is 1. The van der Waals surface area contributed by atoms with Crippen LogP contribution >= 0.6 is 15.9 Å². The lowest BCUT2D eigenvalue weighted by atomic mass is 10.3. The molecule has 0 aliphatic carbocycles. The maximum Gasteiger partial charge on any atom is 0.573 e. The van der Waals surface area contributed by atoms with Crippen molar-refractivity contribution in [3.63, 3.8) is 0 Å². The Labute approximate surface area is 116 Å². The van der Waals surface area contributed by atoms with Gasteiger partial charge in [0.25, 0.3) is 0 Å². The maximum absolute atomic E-state index is 12.0. The fourth-order valence-corrected chi connectivity index (χ4v) is 1.62. The quantitative estimate of drug-likeness (QED) is 0.773. The Morgan fingerprint density at radius 3 is 2.47 bits per heavy atom. The van der Waals surface area contributed by atoms with Crippen molar-refractivity contribution >= 4 is 15.9 Å². The highest BCUT2D eigenvalue weighted by molar-refractivity contribution is 9.10. The molecule has 2 N–H and O–H groups in total. The molecule has 0 saturated heterocycles. The summed E-state index contributed by atoms with van der Waals surface area (Å²) in [5.41, 5.74) is 5.23. The molecule has 0 spiro atoms. The van der Waals surface area contributed by atoms with E-state index in [4.69, 9.17) is 15.2 Å². The summed E-state index contributed by atoms with van der Waals surface area (Å²) in [5, 5.41) is 0. The minimum atomic E-state index is -4.72. The Balaban J connectivity index is 2.47. The Kier molecular flexibility index (Phi) is 6.40. The third-order valence-electron chi connectivity index (χ3n) is 1.89. The minimum Gasteiger partial charge on any atom is -0.491 e. The van der Waals surface area contributed by atoms with Crippen molar-refractivity contribution in [3.05, 3.63) is 22.7 Å². The molecule has 4 nitrogen and oxygen atoms in total. The van der Waals surface area contributed by atoms with Gasteiger partial charge in [0, 0.05) is 6.54 Å². The fourth-order valence-electron chi connectivity index (χ4n) is 1.18. The number of hydrogen-bond acceptors (Lipinski definition) is 4. The van der Waals surface area contributed by atoms with Gasteiger partial charge in [0.2, 0.25) is 0 Å². The molecule has 1 aromatic carbocycles. The Bertz CT molecular complexity index is 401. The van der Waals surface area contributed by atoms with Crippen LogP contribution in [0.1, 0.15) is 0 Å². The van der Waals surface area contributed by atoms with E-state index in [1.165, 1.54) is 18.2 Å². The number of hydrogen-bond donors (Lipinski definition) is 1. The normalized spacial score (nSPS) is 11.4. The van der Waals surface area contributed by atoms with E-state index in [9.17, 15) is 13.2 Å². The summed E-state index contributed by atoms with van der Waals surface area (Å²) in [7, 11) is 0. The second-order valence-electron chi connectivity index (χ2n) is 3.39. The molecular weight excluding hydrogens is 331 g/mol. The van der Waals surface area contributed by atoms with Crippen molar-refractivity contribution in [3.8, 4) is 11.5 Å². The Morgan fingerprint density at radius 1 is 1.16 bits per heavy atom. The average molecular weight is 344 g/mol. The standard InChI is InChI=1S/C11H13BrF3NO3/c12-9-7-8(18-6-5-17-4-3-16)1-2-10(9)19-11(13,14)15/h1-2,7H,3-6,16H2. The molecule has 0 unspecified atom stereocenters. The molecule has 8 heteroatoms. The van der Waals surface area contributed by atoms with E-state index in [2.05, 4.69) is 20.7 Å². The number of nitrogens with two attached hydrogens (primary N) is 1. The molecule has 0 heterocycles. The van der Waals surface area contributed by atoms with Crippen molar-refractivity contribution in [2.75, 3.05) is 26.4 Å². The van der Waals surface area contributed by atoms with Crippen molar-refractivity contribution in [2.24, 2.45) is 5.73 Å². The lowest BCUT2D eigenvalue weighted by molar-refractivity contribution is -0.274. The van der Waals surface area contributed by atoms with E-state index in [-0.39, 0.29) is 16.8 Å². The lowest BCUT2D eigenvalue weighted by Crippen LogP contribution is -2.17. The first-order chi connectivity index (χ1) is 8.92. The summed E-state index contributed by atoms with van der Waals surface area (Å²) in [4.78, 5) is 0. The van der Waals surface area contributed by atoms with Gasteiger partial charge < -0.3 is 19.9 Å². The molecule has 0 aromatic heterocycles. The maximum atomic E-state index is 12.0. The summed E-state index contributed by atoms with van der Waals surface area (Å²) < 4.78 is 50.5. The SMILES string of the molecule is NCCOCCOc1ccc(OC(F)(F)F)c(Br)c1. The minimum absolute atomic E-state index is 0.158. The fraction of sp³-hybridized carbons (Fsp3) is 0.455. The highest BCUT2D eigenvalue weighted by Gasteiger charge is 2.31. The molecule has 1 aromatic rings. The molecule has 0 fully saturated rings. The summed E-state index contributed by atoms with van der Waals surface area (Å²) in [6, 6.07) is 3.95. The molecule has 108 valence electrons. The number of alkyl halides is 3. The zero-order chi connectivity index (χ0) is 14.3. The average Bonchev–Trinajstić information content (AvgIpc) is 2.31. The molecule has 0 amide bonds. The van der Waals surface area contributed by atoms with E-state index in [0.29, 0.717) is 25.5 Å². The number of rotatable bonds is 7. The molecule has 0 aliphatic heterocycles. The highest BCUT2D eigenvalue weighted by Crippen LogP contribution is 2.33. The Morgan fingerprint density at radius 2 is 1.89 bits per heavy atom. The third-order valence-corrected chi connectivity index (χ3v) is 2.51. The van der Waals surface area contributed by atoms with Crippen LogP contribution in [-0.4, -0.2) is 32.7 Å². The van der Waals surface area contributed by atoms with Crippen molar-refractivity contribution < 1.29 is 27.4 Å². The molecule has 0 atom stereocenters. The van der Waals surface area contributed by atoms with Crippen molar-refractivity contribution in [1.29, 1.82) is 0 Å². The van der Waals surface area contributed by atoms with Crippen LogP contribution in [0.3, 0.4) is 0 Å².